The van der Waals surface area contributed by atoms with Gasteiger partial charge in [0.05, 0.1) is 11.4 Å². The van der Waals surface area contributed by atoms with Crippen LogP contribution in [0, 0.1) is 0 Å². The maximum Gasteiger partial charge on any atom is 0.142 e. The molecule has 0 amide bonds. The third-order valence-corrected chi connectivity index (χ3v) is 4.73. The largest absolute Gasteiger partial charge is 0.317 e. The van der Waals surface area contributed by atoms with Crippen molar-refractivity contribution in [1.29, 1.82) is 0 Å². The molecule has 1 saturated heterocycles. The van der Waals surface area contributed by atoms with Gasteiger partial charge in [0.1, 0.15) is 5.01 Å². The van der Waals surface area contributed by atoms with Crippen molar-refractivity contribution >= 4 is 23.7 Å². The van der Waals surface area contributed by atoms with Crippen molar-refractivity contribution in [2.45, 2.75) is 25.4 Å². The number of hydrogen-bond donors (Lipinski definition) is 1. The number of aromatic nitrogens is 2. The van der Waals surface area contributed by atoms with Gasteiger partial charge < -0.3 is 5.32 Å². The summed E-state index contributed by atoms with van der Waals surface area (Å²) < 4.78 is 0. The molecule has 0 atom stereocenters. The molecule has 0 bridgehead atoms. The molecule has 0 aromatic carbocycles. The fraction of sp³-hybridized carbons (Fsp3) is 0.467. The van der Waals surface area contributed by atoms with E-state index in [4.69, 9.17) is 4.98 Å². The van der Waals surface area contributed by atoms with Crippen LogP contribution in [0.5, 0.6) is 0 Å². The number of likely N-dealkylation sites (tertiary alicyclic amines) is 1. The molecule has 1 fully saturated rings. The molecule has 6 heteroatoms. The highest BCUT2D eigenvalue weighted by Crippen LogP contribution is 2.22. The van der Waals surface area contributed by atoms with Gasteiger partial charge in [-0.05, 0) is 32.0 Å². The maximum absolute atomic E-state index is 4.71. The van der Waals surface area contributed by atoms with Crippen molar-refractivity contribution in [2.24, 2.45) is 0 Å². The van der Waals surface area contributed by atoms with Crippen LogP contribution in [0.25, 0.3) is 10.7 Å². The Bertz CT molecular complexity index is 538. The zero-order valence-electron chi connectivity index (χ0n) is 12.2. The minimum atomic E-state index is 0. The number of nitrogens with zero attached hydrogens (tertiary/aromatic N) is 3. The highest BCUT2D eigenvalue weighted by atomic mass is 35.5. The fourth-order valence-electron chi connectivity index (χ4n) is 2.60. The Morgan fingerprint density at radius 1 is 1.33 bits per heavy atom. The summed E-state index contributed by atoms with van der Waals surface area (Å²) in [6.45, 7) is 3.27. The van der Waals surface area contributed by atoms with E-state index in [1.54, 1.807) is 11.3 Å². The Labute approximate surface area is 136 Å². The number of piperidine rings is 1. The molecule has 0 aliphatic carbocycles. The molecule has 21 heavy (non-hydrogen) atoms. The second kappa shape index (κ2) is 7.84. The highest BCUT2D eigenvalue weighted by molar-refractivity contribution is 7.13. The van der Waals surface area contributed by atoms with E-state index in [0.29, 0.717) is 6.04 Å². The summed E-state index contributed by atoms with van der Waals surface area (Å²) in [6.07, 6.45) is 4.28. The molecule has 0 radical (unpaired) electrons. The van der Waals surface area contributed by atoms with Gasteiger partial charge in [-0.25, -0.2) is 4.98 Å². The molecule has 114 valence electrons. The number of halogens is 1. The van der Waals surface area contributed by atoms with Gasteiger partial charge in [-0.15, -0.1) is 23.7 Å². The number of rotatable bonds is 4. The Balaban J connectivity index is 0.00000161. The first-order valence-corrected chi connectivity index (χ1v) is 7.98. The number of thiazole rings is 1. The average Bonchev–Trinajstić information content (AvgIpc) is 2.97. The predicted octanol–water partition coefficient (Wildman–Crippen LogP) is 2.81. The molecule has 3 rings (SSSR count). The molecule has 2 aromatic rings. The Hall–Kier alpha value is -1.01. The number of nitrogens with one attached hydrogen (secondary N) is 1. The third kappa shape index (κ3) is 4.23. The quantitative estimate of drug-likeness (QED) is 0.939. The van der Waals surface area contributed by atoms with Crippen LogP contribution in [0.15, 0.2) is 29.8 Å². The van der Waals surface area contributed by atoms with Gasteiger partial charge in [-0.1, -0.05) is 6.07 Å². The van der Waals surface area contributed by atoms with E-state index in [0.717, 1.165) is 30.3 Å². The Morgan fingerprint density at radius 2 is 2.14 bits per heavy atom. The van der Waals surface area contributed by atoms with Gasteiger partial charge in [0.15, 0.2) is 0 Å². The summed E-state index contributed by atoms with van der Waals surface area (Å²) in [6, 6.07) is 6.64. The fourth-order valence-corrected chi connectivity index (χ4v) is 3.38. The van der Waals surface area contributed by atoms with E-state index in [9.17, 15) is 0 Å². The maximum atomic E-state index is 4.71. The number of hydrogen-bond acceptors (Lipinski definition) is 5. The summed E-state index contributed by atoms with van der Waals surface area (Å²) in [5, 5.41) is 6.55. The van der Waals surface area contributed by atoms with Crippen LogP contribution in [-0.2, 0) is 6.54 Å². The van der Waals surface area contributed by atoms with Crippen molar-refractivity contribution in [3.8, 4) is 10.7 Å². The van der Waals surface area contributed by atoms with Gasteiger partial charge >= 0.3 is 0 Å². The summed E-state index contributed by atoms with van der Waals surface area (Å²) in [5.41, 5.74) is 2.14. The SMILES string of the molecule is CNC1CCN(Cc2csc(-c3ccccn3)n2)CC1.Cl. The zero-order valence-corrected chi connectivity index (χ0v) is 13.8. The van der Waals surface area contributed by atoms with Gasteiger partial charge in [0, 0.05) is 37.3 Å². The predicted molar refractivity (Wildman–Crippen MR) is 90.0 cm³/mol. The lowest BCUT2D eigenvalue weighted by Crippen LogP contribution is -2.40. The molecule has 4 nitrogen and oxygen atoms in total. The van der Waals surface area contributed by atoms with Crippen molar-refractivity contribution in [3.05, 3.63) is 35.5 Å². The van der Waals surface area contributed by atoms with Crippen molar-refractivity contribution in [2.75, 3.05) is 20.1 Å². The standard InChI is InChI=1S/C15H20N4S.ClH/c1-16-12-5-8-19(9-6-12)10-13-11-20-15(18-13)14-4-2-3-7-17-14;/h2-4,7,11-12,16H,5-6,8-10H2,1H3;1H. The molecule has 1 aliphatic heterocycles. The van der Waals surface area contributed by atoms with Gasteiger partial charge in [-0.2, -0.15) is 0 Å². The third-order valence-electron chi connectivity index (χ3n) is 3.82. The van der Waals surface area contributed by atoms with E-state index in [1.165, 1.54) is 18.5 Å². The average molecular weight is 325 g/mol. The van der Waals surface area contributed by atoms with Crippen LogP contribution in [-0.4, -0.2) is 41.0 Å². The van der Waals surface area contributed by atoms with Crippen LogP contribution in [0.3, 0.4) is 0 Å². The zero-order chi connectivity index (χ0) is 13.8. The van der Waals surface area contributed by atoms with Gasteiger partial charge in [0.25, 0.3) is 0 Å². The van der Waals surface area contributed by atoms with Crippen LogP contribution >= 0.6 is 23.7 Å². The second-order valence-corrected chi connectivity index (χ2v) is 6.06. The van der Waals surface area contributed by atoms with Crippen LogP contribution in [0.4, 0.5) is 0 Å². The topological polar surface area (TPSA) is 41.0 Å². The highest BCUT2D eigenvalue weighted by Gasteiger charge is 2.18. The summed E-state index contributed by atoms with van der Waals surface area (Å²) in [5.74, 6) is 0. The molecule has 0 spiro atoms. The van der Waals surface area contributed by atoms with Crippen molar-refractivity contribution in [1.82, 2.24) is 20.2 Å². The molecule has 1 aliphatic rings. The lowest BCUT2D eigenvalue weighted by Gasteiger charge is -2.31. The second-order valence-electron chi connectivity index (χ2n) is 5.20. The van der Waals surface area contributed by atoms with Crippen LogP contribution in [0.1, 0.15) is 18.5 Å². The molecular weight excluding hydrogens is 304 g/mol. The summed E-state index contributed by atoms with van der Waals surface area (Å²) in [4.78, 5) is 11.6. The molecular formula is C15H21ClN4S. The molecule has 0 unspecified atom stereocenters. The number of pyridine rings is 1. The molecule has 0 saturated carbocycles. The molecule has 2 aromatic heterocycles. The molecule has 3 heterocycles. The van der Waals surface area contributed by atoms with Gasteiger partial charge in [-0.3, -0.25) is 9.88 Å². The van der Waals surface area contributed by atoms with Gasteiger partial charge in [0.2, 0.25) is 0 Å². The minimum Gasteiger partial charge on any atom is -0.317 e. The monoisotopic (exact) mass is 324 g/mol. The van der Waals surface area contributed by atoms with E-state index in [-0.39, 0.29) is 12.4 Å². The normalized spacial score (nSPS) is 16.6. The lowest BCUT2D eigenvalue weighted by molar-refractivity contribution is 0.193. The van der Waals surface area contributed by atoms with E-state index in [2.05, 4.69) is 27.6 Å². The smallest absolute Gasteiger partial charge is 0.142 e. The Kier molecular flexibility index (Phi) is 6.11. The van der Waals surface area contributed by atoms with E-state index >= 15 is 0 Å². The first-order valence-electron chi connectivity index (χ1n) is 7.10. The van der Waals surface area contributed by atoms with Crippen LogP contribution < -0.4 is 5.32 Å². The summed E-state index contributed by atoms with van der Waals surface area (Å²) in [7, 11) is 2.06. The summed E-state index contributed by atoms with van der Waals surface area (Å²) >= 11 is 1.68. The molecule has 1 N–H and O–H groups in total. The van der Waals surface area contributed by atoms with Crippen LogP contribution in [0.2, 0.25) is 0 Å². The first-order chi connectivity index (χ1) is 9.85. The lowest BCUT2D eigenvalue weighted by atomic mass is 10.1. The first kappa shape index (κ1) is 16.4. The van der Waals surface area contributed by atoms with E-state index < -0.39 is 0 Å². The van der Waals surface area contributed by atoms with Crippen molar-refractivity contribution < 1.29 is 0 Å². The Morgan fingerprint density at radius 3 is 2.81 bits per heavy atom. The van der Waals surface area contributed by atoms with Crippen molar-refractivity contribution in [3.63, 3.8) is 0 Å². The minimum absolute atomic E-state index is 0. The van der Waals surface area contributed by atoms with E-state index in [1.807, 2.05) is 24.4 Å².